The zero-order valence-electron chi connectivity index (χ0n) is 15.6. The summed E-state index contributed by atoms with van der Waals surface area (Å²) in [6.45, 7) is 1.53. The fourth-order valence-corrected chi connectivity index (χ4v) is 2.93. The minimum atomic E-state index is -1.67. The zero-order valence-corrected chi connectivity index (χ0v) is 15.6. The van der Waals surface area contributed by atoms with E-state index < -0.39 is 29.7 Å². The van der Waals surface area contributed by atoms with Gasteiger partial charge in [-0.2, -0.15) is 0 Å². The van der Waals surface area contributed by atoms with Gasteiger partial charge < -0.3 is 24.7 Å². The molecule has 0 bridgehead atoms. The lowest BCUT2D eigenvalue weighted by molar-refractivity contribution is -0.106. The number of nitrogens with two attached hydrogens (primary N) is 3. The van der Waals surface area contributed by atoms with Crippen LogP contribution in [0.2, 0.25) is 0 Å². The van der Waals surface area contributed by atoms with Gasteiger partial charge in [-0.3, -0.25) is 16.4 Å². The largest absolute Gasteiger partial charge is 0.438 e. The number of fused-ring (bicyclic) bond motifs is 1. The first-order valence-electron chi connectivity index (χ1n) is 8.60. The summed E-state index contributed by atoms with van der Waals surface area (Å²) in [4.78, 5) is 29.2. The number of aromatic nitrogens is 2. The molecule has 0 spiro atoms. The van der Waals surface area contributed by atoms with Crippen molar-refractivity contribution in [1.82, 2.24) is 14.5 Å². The van der Waals surface area contributed by atoms with Crippen LogP contribution in [0.1, 0.15) is 6.92 Å². The van der Waals surface area contributed by atoms with Gasteiger partial charge in [-0.05, 0) is 6.92 Å². The fourth-order valence-electron chi connectivity index (χ4n) is 2.93. The van der Waals surface area contributed by atoms with E-state index in [9.17, 15) is 9.59 Å². The van der Waals surface area contributed by atoms with E-state index in [1.54, 1.807) is 13.0 Å². The summed E-state index contributed by atoms with van der Waals surface area (Å²) in [5.74, 6) is 0. The zero-order chi connectivity index (χ0) is 21.1. The van der Waals surface area contributed by atoms with Crippen LogP contribution in [0.3, 0.4) is 0 Å². The van der Waals surface area contributed by atoms with Crippen molar-refractivity contribution in [2.75, 3.05) is 13.2 Å². The van der Waals surface area contributed by atoms with Crippen LogP contribution in [0.4, 0.5) is 9.59 Å². The maximum absolute atomic E-state index is 12.2. The minimum absolute atomic E-state index is 0.0875. The van der Waals surface area contributed by atoms with Gasteiger partial charge in [-0.25, -0.2) is 19.1 Å². The Hall–Kier alpha value is -3.19. The van der Waals surface area contributed by atoms with E-state index in [2.05, 4.69) is 4.98 Å². The molecule has 1 amide bonds. The third-order valence-corrected chi connectivity index (χ3v) is 4.49. The molecule has 0 aromatic carbocycles. The Morgan fingerprint density at radius 3 is 2.83 bits per heavy atom. The monoisotopic (exact) mass is 406 g/mol. The van der Waals surface area contributed by atoms with Crippen LogP contribution in [0, 0.1) is 0 Å². The van der Waals surface area contributed by atoms with E-state index in [1.807, 2.05) is 0 Å². The summed E-state index contributed by atoms with van der Waals surface area (Å²) in [5.41, 5.74) is 14.9. The topological polar surface area (TPSA) is 170 Å². The summed E-state index contributed by atoms with van der Waals surface area (Å²) in [5, 5.41) is 0. The van der Waals surface area contributed by atoms with Gasteiger partial charge in [0.05, 0.1) is 13.2 Å². The molecule has 0 saturated carbocycles. The molecule has 0 radical (unpaired) electrons. The maximum Gasteiger partial charge on any atom is 0.422 e. The number of hydrogen-bond donors (Lipinski definition) is 3. The number of allylic oxidation sites excluding steroid dienone is 1. The van der Waals surface area contributed by atoms with E-state index in [4.69, 9.17) is 36.1 Å². The lowest BCUT2D eigenvalue weighted by Crippen LogP contribution is -2.66. The van der Waals surface area contributed by atoms with Crippen molar-refractivity contribution in [2.45, 2.75) is 24.5 Å². The summed E-state index contributed by atoms with van der Waals surface area (Å²) in [6.07, 6.45) is 8.37. The normalized spacial score (nSPS) is 30.2. The molecular formula is C17H22N6O6. The van der Waals surface area contributed by atoms with Crippen molar-refractivity contribution < 1.29 is 28.5 Å². The van der Waals surface area contributed by atoms with Gasteiger partial charge in [0.2, 0.25) is 5.72 Å². The molecule has 3 atom stereocenters. The SMILES string of the molecule is C/C=C\N(/C=C\N)C(=O)O/C=C1\CO[C@]2(N)[C@@H](OC(=O)n3ccnc3)CO[C@]12N. The number of imidazole rings is 1. The Morgan fingerprint density at radius 2 is 2.17 bits per heavy atom. The Balaban J connectivity index is 1.72. The van der Waals surface area contributed by atoms with Crippen LogP contribution < -0.4 is 17.2 Å². The number of rotatable bonds is 4. The molecule has 0 unspecified atom stereocenters. The standard InChI is InChI=1S/C17H22N6O6/c1-2-5-22(6-3-18)14(24)26-8-12-9-27-17(20)13(10-28-16(12,17)19)29-15(25)23-7-4-21-11-23/h2-8,11,13H,9-10,18-20H2,1H3/b5-2-,6-3-,12-8+/t13-,16+,17+/m0/s1. The Labute approximate surface area is 166 Å². The third kappa shape index (κ3) is 3.61. The predicted octanol–water partition coefficient (Wildman–Crippen LogP) is -0.107. The lowest BCUT2D eigenvalue weighted by Gasteiger charge is -2.33. The van der Waals surface area contributed by atoms with Gasteiger partial charge in [0.1, 0.15) is 12.6 Å². The average Bonchev–Trinajstić information content (AvgIpc) is 3.37. The summed E-state index contributed by atoms with van der Waals surface area (Å²) in [6, 6.07) is 0. The smallest absolute Gasteiger partial charge is 0.422 e. The summed E-state index contributed by atoms with van der Waals surface area (Å²) < 4.78 is 22.8. The number of amides is 1. The minimum Gasteiger partial charge on any atom is -0.438 e. The first-order valence-corrected chi connectivity index (χ1v) is 8.60. The first-order chi connectivity index (χ1) is 13.9. The molecular weight excluding hydrogens is 384 g/mol. The molecule has 29 heavy (non-hydrogen) atoms. The first kappa shape index (κ1) is 20.5. The van der Waals surface area contributed by atoms with Crippen LogP contribution in [0.15, 0.2) is 55.2 Å². The number of carbonyl (C=O) groups excluding carboxylic acids is 2. The average molecular weight is 406 g/mol. The van der Waals surface area contributed by atoms with Crippen molar-refractivity contribution in [3.63, 3.8) is 0 Å². The Bertz CT molecular complexity index is 841. The molecule has 2 aliphatic heterocycles. The highest BCUT2D eigenvalue weighted by molar-refractivity contribution is 5.71. The number of nitrogens with zero attached hydrogens (tertiary/aromatic N) is 3. The van der Waals surface area contributed by atoms with E-state index >= 15 is 0 Å². The van der Waals surface area contributed by atoms with Gasteiger partial charge in [-0.15, -0.1) is 0 Å². The molecule has 2 saturated heterocycles. The molecule has 3 heterocycles. The number of carbonyl (C=O) groups is 2. The molecule has 2 fully saturated rings. The number of hydrogen-bond acceptors (Lipinski definition) is 10. The molecule has 12 nitrogen and oxygen atoms in total. The van der Waals surface area contributed by atoms with E-state index in [-0.39, 0.29) is 18.8 Å². The molecule has 1 aromatic rings. The highest BCUT2D eigenvalue weighted by atomic mass is 16.7. The maximum atomic E-state index is 12.2. The third-order valence-electron chi connectivity index (χ3n) is 4.49. The van der Waals surface area contributed by atoms with Crippen molar-refractivity contribution in [1.29, 1.82) is 0 Å². The molecule has 12 heteroatoms. The second-order valence-corrected chi connectivity index (χ2v) is 6.23. The van der Waals surface area contributed by atoms with E-state index in [0.29, 0.717) is 0 Å². The van der Waals surface area contributed by atoms with Gasteiger partial charge in [-0.1, -0.05) is 6.08 Å². The molecule has 156 valence electrons. The summed E-state index contributed by atoms with van der Waals surface area (Å²) in [7, 11) is 0. The molecule has 0 aliphatic carbocycles. The highest BCUT2D eigenvalue weighted by Gasteiger charge is 2.67. The Kier molecular flexibility index (Phi) is 5.70. The highest BCUT2D eigenvalue weighted by Crippen LogP contribution is 2.44. The van der Waals surface area contributed by atoms with Crippen LogP contribution in [-0.2, 0) is 18.9 Å². The van der Waals surface area contributed by atoms with Crippen molar-refractivity contribution in [3.8, 4) is 0 Å². The lowest BCUT2D eigenvalue weighted by atomic mass is 9.95. The van der Waals surface area contributed by atoms with Crippen LogP contribution in [0.25, 0.3) is 0 Å². The summed E-state index contributed by atoms with van der Waals surface area (Å²) >= 11 is 0. The molecule has 2 aliphatic rings. The van der Waals surface area contributed by atoms with E-state index in [1.165, 1.54) is 37.3 Å². The van der Waals surface area contributed by atoms with Crippen LogP contribution in [0.5, 0.6) is 0 Å². The van der Waals surface area contributed by atoms with E-state index in [0.717, 1.165) is 15.7 Å². The van der Waals surface area contributed by atoms with Crippen molar-refractivity contribution in [3.05, 3.63) is 55.2 Å². The predicted molar refractivity (Wildman–Crippen MR) is 98.2 cm³/mol. The van der Waals surface area contributed by atoms with Gasteiger partial charge >= 0.3 is 12.2 Å². The second kappa shape index (κ2) is 8.05. The van der Waals surface area contributed by atoms with Crippen LogP contribution >= 0.6 is 0 Å². The van der Waals surface area contributed by atoms with Crippen molar-refractivity contribution in [2.24, 2.45) is 17.2 Å². The molecule has 3 rings (SSSR count). The van der Waals surface area contributed by atoms with Crippen LogP contribution in [-0.4, -0.2) is 57.4 Å². The fraction of sp³-hybridized carbons (Fsp3) is 0.353. The van der Waals surface area contributed by atoms with Gasteiger partial charge in [0, 0.05) is 36.6 Å². The number of ether oxygens (including phenoxy) is 4. The molecule has 6 N–H and O–H groups in total. The molecule has 1 aromatic heterocycles. The van der Waals surface area contributed by atoms with Crippen molar-refractivity contribution >= 4 is 12.2 Å². The van der Waals surface area contributed by atoms with Gasteiger partial charge in [0.15, 0.2) is 11.8 Å². The Morgan fingerprint density at radius 1 is 1.38 bits per heavy atom. The second-order valence-electron chi connectivity index (χ2n) is 6.23. The van der Waals surface area contributed by atoms with Gasteiger partial charge in [0.25, 0.3) is 0 Å². The quantitative estimate of drug-likeness (QED) is 0.573.